The number of para-hydroxylation sites is 1. The zero-order chi connectivity index (χ0) is 22.5. The van der Waals surface area contributed by atoms with E-state index in [1.807, 2.05) is 24.3 Å². The van der Waals surface area contributed by atoms with Crippen LogP contribution < -0.4 is 14.8 Å². The van der Waals surface area contributed by atoms with Crippen LogP contribution in [0, 0.1) is 0 Å². The quantitative estimate of drug-likeness (QED) is 0.490. The third-order valence-electron chi connectivity index (χ3n) is 5.25. The first-order valence-corrected chi connectivity index (χ1v) is 11.0. The van der Waals surface area contributed by atoms with Crippen LogP contribution in [0.4, 0.5) is 5.00 Å². The van der Waals surface area contributed by atoms with Crippen molar-refractivity contribution in [3.63, 3.8) is 0 Å². The highest BCUT2D eigenvalue weighted by atomic mass is 32.1. The van der Waals surface area contributed by atoms with E-state index in [9.17, 15) is 14.7 Å². The molecule has 1 aliphatic rings. The number of fused-ring (bicyclic) bond motifs is 1. The van der Waals surface area contributed by atoms with Gasteiger partial charge in [0, 0.05) is 18.6 Å². The van der Waals surface area contributed by atoms with Crippen LogP contribution in [0.15, 0.2) is 53.9 Å². The number of nitrogens with one attached hydrogen (secondary N) is 1. The number of carbonyl (C=O) groups is 2. The number of carbonyl (C=O) groups excluding carboxylic acids is 1. The molecule has 0 saturated carbocycles. The van der Waals surface area contributed by atoms with Crippen LogP contribution >= 0.6 is 11.3 Å². The zero-order valence-electron chi connectivity index (χ0n) is 17.5. The second kappa shape index (κ2) is 9.84. The number of ether oxygens (including phenoxy) is 3. The third kappa shape index (κ3) is 4.76. The molecule has 32 heavy (non-hydrogen) atoms. The molecule has 0 radical (unpaired) electrons. The second-order valence-corrected chi connectivity index (χ2v) is 8.22. The van der Waals surface area contributed by atoms with Gasteiger partial charge in [-0.15, -0.1) is 11.3 Å². The van der Waals surface area contributed by atoms with Gasteiger partial charge in [0.25, 0.3) is 5.91 Å². The number of hydrogen-bond donors (Lipinski definition) is 2. The van der Waals surface area contributed by atoms with Crippen LogP contribution in [0.1, 0.15) is 37.8 Å². The molecule has 0 spiro atoms. The fourth-order valence-corrected chi connectivity index (χ4v) is 4.66. The molecule has 166 valence electrons. The number of carboxylic acids is 1. The molecule has 3 aromatic rings. The molecule has 7 nitrogen and oxygen atoms in total. The number of rotatable bonds is 8. The number of benzene rings is 2. The average molecular weight is 454 g/mol. The van der Waals surface area contributed by atoms with E-state index in [2.05, 4.69) is 5.32 Å². The molecule has 0 saturated heterocycles. The van der Waals surface area contributed by atoms with Crippen LogP contribution in [0.2, 0.25) is 0 Å². The smallest absolute Gasteiger partial charge is 0.339 e. The Morgan fingerprint density at radius 1 is 1.16 bits per heavy atom. The summed E-state index contributed by atoms with van der Waals surface area (Å²) in [7, 11) is 1.60. The maximum atomic E-state index is 12.7. The summed E-state index contributed by atoms with van der Waals surface area (Å²) in [5, 5.41) is 14.7. The lowest BCUT2D eigenvalue weighted by Crippen LogP contribution is -2.21. The fourth-order valence-electron chi connectivity index (χ4n) is 3.63. The van der Waals surface area contributed by atoms with Gasteiger partial charge in [0.1, 0.15) is 23.1 Å². The van der Waals surface area contributed by atoms with Crippen LogP contribution in [0.3, 0.4) is 0 Å². The van der Waals surface area contributed by atoms with Crippen molar-refractivity contribution >= 4 is 28.2 Å². The number of aromatic carboxylic acids is 1. The highest BCUT2D eigenvalue weighted by Gasteiger charge is 2.29. The molecular formula is C24H23NO6S. The average Bonchev–Trinajstić information content (AvgIpc) is 3.23. The molecule has 0 aliphatic carbocycles. The van der Waals surface area contributed by atoms with Crippen LogP contribution in [0.5, 0.6) is 11.5 Å². The molecule has 1 amide bonds. The van der Waals surface area contributed by atoms with Crippen molar-refractivity contribution in [2.24, 2.45) is 0 Å². The molecule has 0 fully saturated rings. The Bertz CT molecular complexity index is 1110. The number of thiophene rings is 1. The largest absolute Gasteiger partial charge is 0.493 e. The molecular weight excluding hydrogens is 430 g/mol. The van der Waals surface area contributed by atoms with E-state index in [1.165, 1.54) is 11.3 Å². The minimum absolute atomic E-state index is 0.0959. The Balaban J connectivity index is 1.49. The first-order chi connectivity index (χ1) is 15.6. The molecule has 1 aromatic heterocycles. The van der Waals surface area contributed by atoms with Crippen LogP contribution in [-0.2, 0) is 11.2 Å². The Kier molecular flexibility index (Phi) is 6.72. The van der Waals surface area contributed by atoms with E-state index in [0.717, 1.165) is 11.3 Å². The van der Waals surface area contributed by atoms with E-state index in [1.54, 1.807) is 36.8 Å². The van der Waals surface area contributed by atoms with E-state index in [4.69, 9.17) is 14.2 Å². The monoisotopic (exact) mass is 453 g/mol. The Labute approximate surface area is 189 Å². The number of carboxylic acid groups (broad SMARTS) is 1. The van der Waals surface area contributed by atoms with Crippen LogP contribution in [0.25, 0.3) is 0 Å². The zero-order valence-corrected chi connectivity index (χ0v) is 18.3. The Morgan fingerprint density at radius 3 is 2.69 bits per heavy atom. The van der Waals surface area contributed by atoms with E-state index < -0.39 is 5.97 Å². The fraction of sp³-hybridized carbons (Fsp3) is 0.250. The van der Waals surface area contributed by atoms with Crippen molar-refractivity contribution in [1.29, 1.82) is 0 Å². The highest BCUT2D eigenvalue weighted by Crippen LogP contribution is 2.39. The predicted molar refractivity (Wildman–Crippen MR) is 121 cm³/mol. The van der Waals surface area contributed by atoms with Gasteiger partial charge in [-0.1, -0.05) is 18.2 Å². The maximum Gasteiger partial charge on any atom is 0.339 e. The van der Waals surface area contributed by atoms with E-state index in [-0.39, 0.29) is 17.4 Å². The van der Waals surface area contributed by atoms with Gasteiger partial charge in [0.2, 0.25) is 0 Å². The Morgan fingerprint density at radius 2 is 1.94 bits per heavy atom. The topological polar surface area (TPSA) is 94.1 Å². The first-order valence-electron chi connectivity index (χ1n) is 10.2. The third-order valence-corrected chi connectivity index (χ3v) is 6.17. The summed E-state index contributed by atoms with van der Waals surface area (Å²) in [5.74, 6) is -0.0897. The van der Waals surface area contributed by atoms with Gasteiger partial charge in [-0.2, -0.15) is 0 Å². The summed E-state index contributed by atoms with van der Waals surface area (Å²) in [5.41, 5.74) is 2.25. The standard InChI is InChI=1S/C24H23NO6S/c1-29-10-11-30-18-8-6-15(7-9-18)22(26)25-23-21(24(27)28)19(14-32-23)17-12-16-4-2-3-5-20(16)31-13-17/h2-9,14,17H,10-13H2,1H3,(H,25,26)(H,27,28). The summed E-state index contributed by atoms with van der Waals surface area (Å²) in [6.45, 7) is 1.28. The van der Waals surface area contributed by atoms with Gasteiger partial charge in [0.15, 0.2) is 0 Å². The summed E-state index contributed by atoms with van der Waals surface area (Å²) < 4.78 is 16.3. The van der Waals surface area contributed by atoms with Crippen molar-refractivity contribution in [3.05, 3.63) is 76.2 Å². The highest BCUT2D eigenvalue weighted by molar-refractivity contribution is 7.15. The molecule has 2 N–H and O–H groups in total. The molecule has 8 heteroatoms. The molecule has 2 heterocycles. The Hall–Kier alpha value is -3.36. The molecule has 1 atom stereocenters. The molecule has 1 unspecified atom stereocenters. The molecule has 1 aliphatic heterocycles. The first kappa shape index (κ1) is 21.9. The second-order valence-electron chi connectivity index (χ2n) is 7.34. The number of anilines is 1. The van der Waals surface area contributed by atoms with Gasteiger partial charge in [-0.05, 0) is 53.3 Å². The minimum Gasteiger partial charge on any atom is -0.493 e. The lowest BCUT2D eigenvalue weighted by Gasteiger charge is -2.25. The van der Waals surface area contributed by atoms with Crippen molar-refractivity contribution < 1.29 is 28.9 Å². The summed E-state index contributed by atoms with van der Waals surface area (Å²) in [4.78, 5) is 24.8. The molecule has 0 bridgehead atoms. The lowest BCUT2D eigenvalue weighted by molar-refractivity contribution is 0.0696. The molecule has 2 aromatic carbocycles. The summed E-state index contributed by atoms with van der Waals surface area (Å²) in [6.07, 6.45) is 0.686. The lowest BCUT2D eigenvalue weighted by atomic mass is 9.89. The van der Waals surface area contributed by atoms with Crippen molar-refractivity contribution in [2.75, 3.05) is 32.2 Å². The number of hydrogen-bond acceptors (Lipinski definition) is 6. The molecule has 4 rings (SSSR count). The SMILES string of the molecule is COCCOc1ccc(C(=O)Nc2scc(C3COc4ccccc4C3)c2C(=O)O)cc1. The van der Waals surface area contributed by atoms with Gasteiger partial charge in [-0.25, -0.2) is 4.79 Å². The maximum absolute atomic E-state index is 12.7. The summed E-state index contributed by atoms with van der Waals surface area (Å²) >= 11 is 1.21. The predicted octanol–water partition coefficient (Wildman–Crippen LogP) is 4.44. The minimum atomic E-state index is -1.07. The van der Waals surface area contributed by atoms with Crippen molar-refractivity contribution in [2.45, 2.75) is 12.3 Å². The van der Waals surface area contributed by atoms with Crippen molar-refractivity contribution in [1.82, 2.24) is 0 Å². The number of amides is 1. The van der Waals surface area contributed by atoms with Gasteiger partial charge in [0.05, 0.1) is 18.8 Å². The normalized spacial score (nSPS) is 14.8. The summed E-state index contributed by atoms with van der Waals surface area (Å²) in [6, 6.07) is 14.4. The van der Waals surface area contributed by atoms with E-state index >= 15 is 0 Å². The number of methoxy groups -OCH3 is 1. The van der Waals surface area contributed by atoms with Gasteiger partial charge in [-0.3, -0.25) is 4.79 Å². The van der Waals surface area contributed by atoms with Crippen LogP contribution in [-0.4, -0.2) is 43.9 Å². The van der Waals surface area contributed by atoms with Gasteiger partial charge < -0.3 is 24.6 Å². The van der Waals surface area contributed by atoms with E-state index in [0.29, 0.717) is 48.1 Å². The van der Waals surface area contributed by atoms with Crippen molar-refractivity contribution in [3.8, 4) is 11.5 Å². The van der Waals surface area contributed by atoms with Gasteiger partial charge >= 0.3 is 5.97 Å².